The molecule has 0 amide bonds. The second kappa shape index (κ2) is 7.48. The first-order valence-corrected chi connectivity index (χ1v) is 6.83. The molecule has 0 atom stereocenters. The van der Waals surface area contributed by atoms with Crippen LogP contribution in [0, 0.1) is 0 Å². The van der Waals surface area contributed by atoms with Gasteiger partial charge in [-0.1, -0.05) is 39.0 Å². The van der Waals surface area contributed by atoms with Gasteiger partial charge < -0.3 is 0 Å². The molecule has 1 heterocycles. The summed E-state index contributed by atoms with van der Waals surface area (Å²) in [5.41, 5.74) is 0. The van der Waals surface area contributed by atoms with Gasteiger partial charge in [-0.25, -0.2) is 9.13 Å². The molecule has 2 heteroatoms. The van der Waals surface area contributed by atoms with E-state index in [9.17, 15) is 0 Å². The first-order chi connectivity index (χ1) is 7.79. The van der Waals surface area contributed by atoms with Crippen LogP contribution in [0.5, 0.6) is 0 Å². The Balaban J connectivity index is 2.23. The maximum absolute atomic E-state index is 2.35. The predicted molar refractivity (Wildman–Crippen MR) is 68.4 cm³/mol. The predicted octanol–water partition coefficient (Wildman–Crippen LogP) is 3.24. The van der Waals surface area contributed by atoms with Gasteiger partial charge >= 0.3 is 0 Å². The van der Waals surface area contributed by atoms with E-state index in [0.717, 1.165) is 6.54 Å². The maximum atomic E-state index is 2.35. The number of unbranched alkanes of at least 4 members (excludes halogenated alkanes) is 5. The van der Waals surface area contributed by atoms with Gasteiger partial charge in [0.25, 0.3) is 5.82 Å². The number of rotatable bonds is 8. The highest BCUT2D eigenvalue weighted by molar-refractivity contribution is 4.83. The quantitative estimate of drug-likeness (QED) is 0.472. The Labute approximate surface area is 100 Å². The molecule has 0 radical (unpaired) electrons. The van der Waals surface area contributed by atoms with E-state index in [1.54, 1.807) is 0 Å². The Bertz CT molecular complexity index is 289. The van der Waals surface area contributed by atoms with Crippen molar-refractivity contribution in [3.8, 4) is 0 Å². The summed E-state index contributed by atoms with van der Waals surface area (Å²) in [5, 5.41) is 0. The fourth-order valence-electron chi connectivity index (χ4n) is 2.23. The van der Waals surface area contributed by atoms with Gasteiger partial charge in [0.15, 0.2) is 0 Å². The molecular formula is C14H27N2+. The van der Waals surface area contributed by atoms with Crippen LogP contribution < -0.4 is 4.57 Å². The third-order valence-electron chi connectivity index (χ3n) is 3.30. The summed E-state index contributed by atoms with van der Waals surface area (Å²) in [6.45, 7) is 5.57. The van der Waals surface area contributed by atoms with Crippen molar-refractivity contribution >= 4 is 0 Å². The number of aromatic nitrogens is 2. The molecule has 0 aromatic carbocycles. The van der Waals surface area contributed by atoms with E-state index in [2.05, 4.69) is 42.4 Å². The van der Waals surface area contributed by atoms with E-state index < -0.39 is 0 Å². The van der Waals surface area contributed by atoms with Crippen LogP contribution in [0.4, 0.5) is 0 Å². The minimum atomic E-state index is 1.09. The van der Waals surface area contributed by atoms with E-state index >= 15 is 0 Å². The molecule has 0 spiro atoms. The molecule has 0 unspecified atom stereocenters. The summed E-state index contributed by atoms with van der Waals surface area (Å²) in [6.07, 6.45) is 13.9. The zero-order valence-electron chi connectivity index (χ0n) is 11.2. The molecule has 0 bridgehead atoms. The minimum Gasteiger partial charge on any atom is -0.237 e. The molecule has 0 fully saturated rings. The molecule has 0 saturated heterocycles. The van der Waals surface area contributed by atoms with E-state index in [4.69, 9.17) is 0 Å². The third-order valence-corrected chi connectivity index (χ3v) is 3.30. The Kier molecular flexibility index (Phi) is 6.20. The van der Waals surface area contributed by atoms with Gasteiger partial charge in [-0.3, -0.25) is 0 Å². The van der Waals surface area contributed by atoms with Gasteiger partial charge in [-0.15, -0.1) is 0 Å². The molecule has 0 aliphatic heterocycles. The van der Waals surface area contributed by atoms with Crippen molar-refractivity contribution in [2.75, 3.05) is 0 Å². The monoisotopic (exact) mass is 223 g/mol. The standard InChI is InChI=1S/C14H27N2/c1-4-6-7-8-9-10-11-14-15(3)12-13-16(14)5-2/h12-13H,4-11H2,1-3H3/q+1. The molecule has 1 rings (SSSR count). The van der Waals surface area contributed by atoms with Crippen molar-refractivity contribution < 1.29 is 4.57 Å². The number of hydrogen-bond acceptors (Lipinski definition) is 0. The van der Waals surface area contributed by atoms with Crippen molar-refractivity contribution in [3.63, 3.8) is 0 Å². The van der Waals surface area contributed by atoms with Crippen LogP contribution in [0.3, 0.4) is 0 Å². The molecule has 92 valence electrons. The fraction of sp³-hybridized carbons (Fsp3) is 0.786. The molecule has 0 N–H and O–H groups in total. The van der Waals surface area contributed by atoms with Crippen LogP contribution in [0.25, 0.3) is 0 Å². The summed E-state index contributed by atoms with van der Waals surface area (Å²) in [4.78, 5) is 0. The largest absolute Gasteiger partial charge is 0.256 e. The first-order valence-electron chi connectivity index (χ1n) is 6.83. The lowest BCUT2D eigenvalue weighted by Gasteiger charge is -2.01. The molecule has 1 aromatic rings. The summed E-state index contributed by atoms with van der Waals surface area (Å²) in [7, 11) is 2.15. The van der Waals surface area contributed by atoms with Crippen molar-refractivity contribution in [2.45, 2.75) is 65.3 Å². The van der Waals surface area contributed by atoms with E-state index in [1.165, 1.54) is 50.8 Å². The number of hydrogen-bond donors (Lipinski definition) is 0. The van der Waals surface area contributed by atoms with Crippen molar-refractivity contribution in [1.82, 2.24) is 4.57 Å². The van der Waals surface area contributed by atoms with E-state index in [1.807, 2.05) is 0 Å². The van der Waals surface area contributed by atoms with Crippen LogP contribution in [-0.4, -0.2) is 4.57 Å². The van der Waals surface area contributed by atoms with Crippen molar-refractivity contribution in [3.05, 3.63) is 18.2 Å². The maximum Gasteiger partial charge on any atom is 0.256 e. The highest BCUT2D eigenvalue weighted by Gasteiger charge is 2.11. The number of aryl methyl sites for hydroxylation is 2. The Morgan fingerprint density at radius 2 is 1.75 bits per heavy atom. The van der Waals surface area contributed by atoms with Gasteiger partial charge in [0, 0.05) is 6.42 Å². The molecule has 0 aliphatic rings. The van der Waals surface area contributed by atoms with Gasteiger partial charge in [-0.2, -0.15) is 0 Å². The van der Waals surface area contributed by atoms with Gasteiger partial charge in [0.1, 0.15) is 12.4 Å². The average molecular weight is 223 g/mol. The molecule has 0 saturated carbocycles. The minimum absolute atomic E-state index is 1.09. The van der Waals surface area contributed by atoms with Crippen LogP contribution in [-0.2, 0) is 20.0 Å². The highest BCUT2D eigenvalue weighted by atomic mass is 15.1. The lowest BCUT2D eigenvalue weighted by molar-refractivity contribution is -0.678. The van der Waals surface area contributed by atoms with Crippen LogP contribution in [0.15, 0.2) is 12.4 Å². The summed E-state index contributed by atoms with van der Waals surface area (Å²) in [5.74, 6) is 1.47. The molecule has 0 aliphatic carbocycles. The highest BCUT2D eigenvalue weighted by Crippen LogP contribution is 2.08. The second-order valence-corrected chi connectivity index (χ2v) is 4.63. The SMILES string of the molecule is CCCCCCCCc1n(CC)cc[n+]1C. The third kappa shape index (κ3) is 3.99. The van der Waals surface area contributed by atoms with Crippen molar-refractivity contribution in [2.24, 2.45) is 7.05 Å². The molecule has 2 nitrogen and oxygen atoms in total. The Morgan fingerprint density at radius 3 is 2.44 bits per heavy atom. The Morgan fingerprint density at radius 1 is 1.06 bits per heavy atom. The molecule has 16 heavy (non-hydrogen) atoms. The normalized spacial score (nSPS) is 10.9. The number of imidazole rings is 1. The second-order valence-electron chi connectivity index (χ2n) is 4.63. The fourth-order valence-corrected chi connectivity index (χ4v) is 2.23. The van der Waals surface area contributed by atoms with E-state index in [-0.39, 0.29) is 0 Å². The van der Waals surface area contributed by atoms with Crippen molar-refractivity contribution in [1.29, 1.82) is 0 Å². The smallest absolute Gasteiger partial charge is 0.237 e. The van der Waals surface area contributed by atoms with Gasteiger partial charge in [-0.05, 0) is 13.3 Å². The van der Waals surface area contributed by atoms with Gasteiger partial charge in [0.2, 0.25) is 0 Å². The van der Waals surface area contributed by atoms with Crippen LogP contribution >= 0.6 is 0 Å². The lowest BCUT2D eigenvalue weighted by Crippen LogP contribution is -2.32. The summed E-state index contributed by atoms with van der Waals surface area (Å²) >= 11 is 0. The zero-order valence-corrected chi connectivity index (χ0v) is 11.2. The summed E-state index contributed by atoms with van der Waals surface area (Å²) in [6, 6.07) is 0. The topological polar surface area (TPSA) is 8.81 Å². The lowest BCUT2D eigenvalue weighted by atomic mass is 10.1. The molecular weight excluding hydrogens is 196 g/mol. The molecule has 1 aromatic heterocycles. The van der Waals surface area contributed by atoms with Crippen LogP contribution in [0.2, 0.25) is 0 Å². The number of nitrogens with zero attached hydrogens (tertiary/aromatic N) is 2. The summed E-state index contributed by atoms with van der Waals surface area (Å²) < 4.78 is 4.61. The van der Waals surface area contributed by atoms with Crippen LogP contribution in [0.1, 0.15) is 58.2 Å². The van der Waals surface area contributed by atoms with Gasteiger partial charge in [0.05, 0.1) is 13.6 Å². The van der Waals surface area contributed by atoms with E-state index in [0.29, 0.717) is 0 Å². The zero-order chi connectivity index (χ0) is 11.8. The Hall–Kier alpha value is -0.790. The average Bonchev–Trinajstić information content (AvgIpc) is 2.65. The first kappa shape index (κ1) is 13.3.